The molecule has 2 heterocycles. The first-order chi connectivity index (χ1) is 9.52. The molecule has 1 saturated heterocycles. The van der Waals surface area contributed by atoms with Gasteiger partial charge in [-0.1, -0.05) is 0 Å². The molecule has 0 radical (unpaired) electrons. The molecule has 2 amide bonds. The molecule has 1 aromatic heterocycles. The number of hydrogen-bond acceptors (Lipinski definition) is 4. The van der Waals surface area contributed by atoms with Crippen LogP contribution >= 0.6 is 0 Å². The molecular formula is C14H17N3O3. The van der Waals surface area contributed by atoms with Crippen LogP contribution in [0.15, 0.2) is 18.5 Å². The zero-order valence-corrected chi connectivity index (χ0v) is 11.5. The van der Waals surface area contributed by atoms with Crippen molar-refractivity contribution in [2.24, 2.45) is 5.92 Å². The maximum Gasteiger partial charge on any atom is 0.229 e. The lowest BCUT2D eigenvalue weighted by Crippen LogP contribution is -2.28. The van der Waals surface area contributed by atoms with Crippen LogP contribution in [-0.2, 0) is 9.59 Å². The molecule has 1 aromatic rings. The number of aromatic nitrogens is 1. The van der Waals surface area contributed by atoms with Crippen molar-refractivity contribution in [3.63, 3.8) is 0 Å². The number of anilines is 1. The SMILES string of the molecule is CCN1CC(C(=O)Nc2ccncc2C(C)=O)CC1=O. The lowest BCUT2D eigenvalue weighted by Gasteiger charge is -2.14. The van der Waals surface area contributed by atoms with Crippen LogP contribution in [0.25, 0.3) is 0 Å². The van der Waals surface area contributed by atoms with Crippen molar-refractivity contribution < 1.29 is 14.4 Å². The number of rotatable bonds is 4. The number of nitrogens with one attached hydrogen (secondary N) is 1. The first kappa shape index (κ1) is 14.2. The maximum absolute atomic E-state index is 12.2. The van der Waals surface area contributed by atoms with Gasteiger partial charge in [-0.3, -0.25) is 19.4 Å². The summed E-state index contributed by atoms with van der Waals surface area (Å²) in [5.41, 5.74) is 0.817. The van der Waals surface area contributed by atoms with E-state index in [0.29, 0.717) is 24.3 Å². The van der Waals surface area contributed by atoms with Crippen molar-refractivity contribution in [1.82, 2.24) is 9.88 Å². The van der Waals surface area contributed by atoms with Crippen molar-refractivity contribution in [3.05, 3.63) is 24.0 Å². The molecule has 1 atom stereocenters. The van der Waals surface area contributed by atoms with Gasteiger partial charge < -0.3 is 10.2 Å². The minimum absolute atomic E-state index is 0.00540. The van der Waals surface area contributed by atoms with E-state index < -0.39 is 0 Å². The smallest absolute Gasteiger partial charge is 0.229 e. The highest BCUT2D eigenvalue weighted by Crippen LogP contribution is 2.21. The Balaban J connectivity index is 2.10. The van der Waals surface area contributed by atoms with Gasteiger partial charge in [-0.15, -0.1) is 0 Å². The fourth-order valence-electron chi connectivity index (χ4n) is 2.27. The summed E-state index contributed by atoms with van der Waals surface area (Å²) in [6.07, 6.45) is 3.16. The van der Waals surface area contributed by atoms with Gasteiger partial charge in [0.25, 0.3) is 0 Å². The standard InChI is InChI=1S/C14H17N3O3/c1-3-17-8-10(6-13(17)19)14(20)16-12-4-5-15-7-11(12)9(2)18/h4-5,7,10H,3,6,8H2,1-2H3,(H,15,16,20). The molecule has 1 aliphatic rings. The number of nitrogens with zero attached hydrogens (tertiary/aromatic N) is 2. The zero-order valence-electron chi connectivity index (χ0n) is 11.5. The zero-order chi connectivity index (χ0) is 14.7. The number of likely N-dealkylation sites (tertiary alicyclic amines) is 1. The molecule has 0 bridgehead atoms. The third kappa shape index (κ3) is 2.84. The van der Waals surface area contributed by atoms with Gasteiger partial charge in [-0.05, 0) is 19.9 Å². The Hall–Kier alpha value is -2.24. The molecule has 1 fully saturated rings. The number of pyridine rings is 1. The molecule has 2 rings (SSSR count). The second-order valence-corrected chi connectivity index (χ2v) is 4.80. The molecule has 106 valence electrons. The third-order valence-electron chi connectivity index (χ3n) is 3.43. The minimum atomic E-state index is -0.365. The van der Waals surface area contributed by atoms with Crippen LogP contribution in [0.3, 0.4) is 0 Å². The van der Waals surface area contributed by atoms with E-state index in [1.165, 1.54) is 19.3 Å². The number of carbonyl (C=O) groups excluding carboxylic acids is 3. The second-order valence-electron chi connectivity index (χ2n) is 4.80. The Morgan fingerprint density at radius 2 is 2.25 bits per heavy atom. The topological polar surface area (TPSA) is 79.4 Å². The predicted molar refractivity (Wildman–Crippen MR) is 73.2 cm³/mol. The van der Waals surface area contributed by atoms with Crippen LogP contribution in [0.1, 0.15) is 30.6 Å². The fourth-order valence-corrected chi connectivity index (χ4v) is 2.27. The van der Waals surface area contributed by atoms with E-state index >= 15 is 0 Å². The van der Waals surface area contributed by atoms with Crippen LogP contribution in [0, 0.1) is 5.92 Å². The van der Waals surface area contributed by atoms with Crippen LogP contribution in [0.2, 0.25) is 0 Å². The molecule has 1 unspecified atom stereocenters. The van der Waals surface area contributed by atoms with Crippen molar-refractivity contribution in [3.8, 4) is 0 Å². The molecule has 1 aliphatic heterocycles. The van der Waals surface area contributed by atoms with Crippen molar-refractivity contribution in [2.75, 3.05) is 18.4 Å². The molecule has 20 heavy (non-hydrogen) atoms. The van der Waals surface area contributed by atoms with E-state index in [9.17, 15) is 14.4 Å². The monoisotopic (exact) mass is 275 g/mol. The summed E-state index contributed by atoms with van der Waals surface area (Å²) in [5.74, 6) is -0.765. The molecule has 0 aliphatic carbocycles. The summed E-state index contributed by atoms with van der Waals surface area (Å²) >= 11 is 0. The van der Waals surface area contributed by atoms with Crippen LogP contribution in [0.5, 0.6) is 0 Å². The molecule has 6 nitrogen and oxygen atoms in total. The average Bonchev–Trinajstić information content (AvgIpc) is 2.80. The highest BCUT2D eigenvalue weighted by atomic mass is 16.2. The van der Waals surface area contributed by atoms with E-state index in [-0.39, 0.29) is 29.9 Å². The molecule has 0 aromatic carbocycles. The Kier molecular flexibility index (Phi) is 4.12. The van der Waals surface area contributed by atoms with Gasteiger partial charge in [-0.25, -0.2) is 0 Å². The average molecular weight is 275 g/mol. The molecule has 1 N–H and O–H groups in total. The third-order valence-corrected chi connectivity index (χ3v) is 3.43. The van der Waals surface area contributed by atoms with Gasteiger partial charge in [0, 0.05) is 31.9 Å². The van der Waals surface area contributed by atoms with E-state index in [1.54, 1.807) is 11.0 Å². The Bertz CT molecular complexity index is 556. The van der Waals surface area contributed by atoms with Gasteiger partial charge in [0.1, 0.15) is 0 Å². The molecule has 6 heteroatoms. The lowest BCUT2D eigenvalue weighted by molar-refractivity contribution is -0.128. The first-order valence-electron chi connectivity index (χ1n) is 6.56. The summed E-state index contributed by atoms with van der Waals surface area (Å²) in [6, 6.07) is 1.59. The van der Waals surface area contributed by atoms with Gasteiger partial charge >= 0.3 is 0 Å². The summed E-state index contributed by atoms with van der Waals surface area (Å²) < 4.78 is 0. The highest BCUT2D eigenvalue weighted by molar-refractivity contribution is 6.04. The van der Waals surface area contributed by atoms with E-state index in [1.807, 2.05) is 6.92 Å². The van der Waals surface area contributed by atoms with E-state index in [4.69, 9.17) is 0 Å². The summed E-state index contributed by atoms with van der Waals surface area (Å²) in [5, 5.41) is 2.72. The van der Waals surface area contributed by atoms with Gasteiger partial charge in [0.2, 0.25) is 11.8 Å². The lowest BCUT2D eigenvalue weighted by atomic mass is 10.1. The fraction of sp³-hybridized carbons (Fsp3) is 0.429. The van der Waals surface area contributed by atoms with Crippen molar-refractivity contribution >= 4 is 23.3 Å². The molecular weight excluding hydrogens is 258 g/mol. The quantitative estimate of drug-likeness (QED) is 0.834. The number of amides is 2. The van der Waals surface area contributed by atoms with Crippen LogP contribution in [0.4, 0.5) is 5.69 Å². The first-order valence-corrected chi connectivity index (χ1v) is 6.56. The van der Waals surface area contributed by atoms with Gasteiger partial charge in [0.15, 0.2) is 5.78 Å². The minimum Gasteiger partial charge on any atom is -0.342 e. The van der Waals surface area contributed by atoms with Crippen LogP contribution < -0.4 is 5.32 Å². The second kappa shape index (κ2) is 5.81. The Morgan fingerprint density at radius 3 is 2.85 bits per heavy atom. The van der Waals surface area contributed by atoms with E-state index in [0.717, 1.165) is 0 Å². The summed E-state index contributed by atoms with van der Waals surface area (Å²) in [4.78, 5) is 40.8. The Labute approximate surface area is 117 Å². The largest absolute Gasteiger partial charge is 0.342 e. The molecule has 0 saturated carbocycles. The van der Waals surface area contributed by atoms with E-state index in [2.05, 4.69) is 10.3 Å². The van der Waals surface area contributed by atoms with Crippen molar-refractivity contribution in [2.45, 2.75) is 20.3 Å². The summed E-state index contributed by atoms with van der Waals surface area (Å²) in [6.45, 7) is 4.34. The van der Waals surface area contributed by atoms with Crippen molar-refractivity contribution in [1.29, 1.82) is 0 Å². The van der Waals surface area contributed by atoms with Crippen LogP contribution in [-0.4, -0.2) is 40.6 Å². The number of hydrogen-bond donors (Lipinski definition) is 1. The molecule has 0 spiro atoms. The normalized spacial score (nSPS) is 18.2. The van der Waals surface area contributed by atoms with Gasteiger partial charge in [0.05, 0.1) is 17.2 Å². The summed E-state index contributed by atoms with van der Waals surface area (Å²) in [7, 11) is 0. The van der Waals surface area contributed by atoms with Gasteiger partial charge in [-0.2, -0.15) is 0 Å². The number of Topliss-reactive ketones (excluding diaryl/α,β-unsaturated/α-hetero) is 1. The number of carbonyl (C=O) groups is 3. The highest BCUT2D eigenvalue weighted by Gasteiger charge is 2.33. The predicted octanol–water partition coefficient (Wildman–Crippen LogP) is 1.09. The number of ketones is 1. The maximum atomic E-state index is 12.2. The Morgan fingerprint density at radius 1 is 1.50 bits per heavy atom.